The molecule has 1 nitrogen and oxygen atoms in total. The van der Waals surface area contributed by atoms with Gasteiger partial charge in [0.05, 0.1) is 0 Å². The summed E-state index contributed by atoms with van der Waals surface area (Å²) < 4.78 is 0. The van der Waals surface area contributed by atoms with E-state index in [1.807, 2.05) is 6.92 Å². The molecule has 0 saturated carbocycles. The van der Waals surface area contributed by atoms with E-state index in [-0.39, 0.29) is 6.04 Å². The minimum Gasteiger partial charge on any atom is -0.324 e. The van der Waals surface area contributed by atoms with E-state index in [0.29, 0.717) is 0 Å². The van der Waals surface area contributed by atoms with Crippen LogP contribution in [0.15, 0.2) is 18.2 Å². The normalized spacial score (nSPS) is 12.7. The molecule has 0 fully saturated rings. The first-order chi connectivity index (χ1) is 5.65. The molecule has 0 spiro atoms. The molecule has 0 aliphatic carbocycles. The molecule has 1 unspecified atom stereocenters. The topological polar surface area (TPSA) is 26.0 Å². The van der Waals surface area contributed by atoms with E-state index in [9.17, 15) is 0 Å². The quantitative estimate of drug-likeness (QED) is 0.646. The van der Waals surface area contributed by atoms with E-state index in [2.05, 4.69) is 31.9 Å². The number of aryl methyl sites for hydroxylation is 1. The average Bonchev–Trinajstić information content (AvgIpc) is 2.04. The van der Waals surface area contributed by atoms with Gasteiger partial charge in [-0.3, -0.25) is 0 Å². The van der Waals surface area contributed by atoms with Crippen molar-refractivity contribution in [3.05, 3.63) is 29.3 Å². The molecule has 12 heavy (non-hydrogen) atoms. The molecule has 64 valence electrons. The molecule has 1 aromatic carbocycles. The SMILES string of the molecule is CBc1ccc(C(C)N)cc1C. The molecule has 0 aliphatic heterocycles. The van der Waals surface area contributed by atoms with Crippen LogP contribution in [0.2, 0.25) is 6.82 Å². The van der Waals surface area contributed by atoms with Crippen LogP contribution in [-0.4, -0.2) is 7.28 Å². The first kappa shape index (κ1) is 9.33. The van der Waals surface area contributed by atoms with Gasteiger partial charge in [0.2, 0.25) is 0 Å². The summed E-state index contributed by atoms with van der Waals surface area (Å²) in [6.07, 6.45) is 0. The van der Waals surface area contributed by atoms with Gasteiger partial charge in [-0.2, -0.15) is 0 Å². The van der Waals surface area contributed by atoms with Crippen LogP contribution in [0.1, 0.15) is 24.1 Å². The third-order valence-electron chi connectivity index (χ3n) is 2.27. The lowest BCUT2D eigenvalue weighted by molar-refractivity contribution is 0.817. The summed E-state index contributed by atoms with van der Waals surface area (Å²) in [6, 6.07) is 6.63. The molecule has 2 heteroatoms. The Kier molecular flexibility index (Phi) is 2.93. The molecular formula is C10H16BN. The lowest BCUT2D eigenvalue weighted by atomic mass is 9.71. The predicted octanol–water partition coefficient (Wildman–Crippen LogP) is 1.12. The van der Waals surface area contributed by atoms with Crippen LogP contribution in [0, 0.1) is 6.92 Å². The van der Waals surface area contributed by atoms with Crippen LogP contribution in [0.3, 0.4) is 0 Å². The molecule has 2 N–H and O–H groups in total. The van der Waals surface area contributed by atoms with Gasteiger partial charge in [-0.15, -0.1) is 0 Å². The van der Waals surface area contributed by atoms with Crippen molar-refractivity contribution in [1.29, 1.82) is 0 Å². The Morgan fingerprint density at radius 1 is 1.42 bits per heavy atom. The second-order valence-electron chi connectivity index (χ2n) is 3.33. The number of nitrogens with two attached hydrogens (primary N) is 1. The predicted molar refractivity (Wildman–Crippen MR) is 56.4 cm³/mol. The number of hydrogen-bond donors (Lipinski definition) is 1. The zero-order valence-electron chi connectivity index (χ0n) is 8.09. The highest BCUT2D eigenvalue weighted by molar-refractivity contribution is 6.52. The van der Waals surface area contributed by atoms with Gasteiger partial charge in [-0.1, -0.05) is 36.0 Å². The molecule has 0 radical (unpaired) electrons. The second-order valence-corrected chi connectivity index (χ2v) is 3.33. The Morgan fingerprint density at radius 3 is 2.50 bits per heavy atom. The van der Waals surface area contributed by atoms with Crippen molar-refractivity contribution in [2.45, 2.75) is 26.7 Å². The molecule has 0 aromatic heterocycles. The van der Waals surface area contributed by atoms with Gasteiger partial charge in [0.25, 0.3) is 0 Å². The van der Waals surface area contributed by atoms with E-state index in [1.54, 1.807) is 0 Å². The van der Waals surface area contributed by atoms with E-state index < -0.39 is 0 Å². The lowest BCUT2D eigenvalue weighted by Gasteiger charge is -2.08. The largest absolute Gasteiger partial charge is 0.324 e. The van der Waals surface area contributed by atoms with Gasteiger partial charge in [0, 0.05) is 6.04 Å². The highest BCUT2D eigenvalue weighted by atomic mass is 14.6. The summed E-state index contributed by atoms with van der Waals surface area (Å²) in [6.45, 7) is 6.33. The Morgan fingerprint density at radius 2 is 2.08 bits per heavy atom. The molecule has 0 bridgehead atoms. The van der Waals surface area contributed by atoms with Crippen molar-refractivity contribution >= 4 is 12.7 Å². The fourth-order valence-electron chi connectivity index (χ4n) is 1.40. The molecule has 0 aliphatic rings. The van der Waals surface area contributed by atoms with Crippen LogP contribution >= 0.6 is 0 Å². The molecule has 1 rings (SSSR count). The molecule has 1 aromatic rings. The molecule has 0 heterocycles. The van der Waals surface area contributed by atoms with Crippen LogP contribution < -0.4 is 11.2 Å². The molecular weight excluding hydrogens is 145 g/mol. The first-order valence-electron chi connectivity index (χ1n) is 4.50. The number of rotatable bonds is 2. The summed E-state index contributed by atoms with van der Waals surface area (Å²) in [5, 5.41) is 0. The highest BCUT2D eigenvalue weighted by Gasteiger charge is 2.01. The Balaban J connectivity index is 3.02. The fourth-order valence-corrected chi connectivity index (χ4v) is 1.40. The molecule has 0 saturated heterocycles. The summed E-state index contributed by atoms with van der Waals surface area (Å²) in [7, 11) is 1.10. The zero-order chi connectivity index (χ0) is 9.14. The number of benzene rings is 1. The lowest BCUT2D eigenvalue weighted by Crippen LogP contribution is -2.16. The summed E-state index contributed by atoms with van der Waals surface area (Å²) >= 11 is 0. The maximum absolute atomic E-state index is 5.77. The minimum absolute atomic E-state index is 0.148. The molecule has 1 atom stereocenters. The monoisotopic (exact) mass is 161 g/mol. The van der Waals surface area contributed by atoms with Gasteiger partial charge < -0.3 is 5.73 Å². The van der Waals surface area contributed by atoms with Gasteiger partial charge in [-0.05, 0) is 19.4 Å². The summed E-state index contributed by atoms with van der Waals surface area (Å²) in [4.78, 5) is 0. The standard InChI is InChI=1S/C10H16BN/c1-7-6-9(8(2)12)4-5-10(7)11-3/h4-6,8,11H,12H2,1-3H3. The van der Waals surface area contributed by atoms with Gasteiger partial charge in [0.15, 0.2) is 7.28 Å². The Bertz CT molecular complexity index is 269. The van der Waals surface area contributed by atoms with Gasteiger partial charge >= 0.3 is 0 Å². The van der Waals surface area contributed by atoms with E-state index in [4.69, 9.17) is 5.73 Å². The molecule has 0 amide bonds. The second kappa shape index (κ2) is 3.77. The van der Waals surface area contributed by atoms with Crippen molar-refractivity contribution in [3.8, 4) is 0 Å². The minimum atomic E-state index is 0.148. The Hall–Kier alpha value is -0.755. The summed E-state index contributed by atoms with van der Waals surface area (Å²) in [5.41, 5.74) is 9.77. The van der Waals surface area contributed by atoms with E-state index in [1.165, 1.54) is 16.6 Å². The maximum Gasteiger partial charge on any atom is 0.154 e. The zero-order valence-corrected chi connectivity index (χ0v) is 8.09. The van der Waals surface area contributed by atoms with Crippen LogP contribution in [0.4, 0.5) is 0 Å². The third-order valence-corrected chi connectivity index (χ3v) is 2.27. The van der Waals surface area contributed by atoms with Crippen molar-refractivity contribution in [2.75, 3.05) is 0 Å². The summed E-state index contributed by atoms with van der Waals surface area (Å²) in [5.74, 6) is 0. The smallest absolute Gasteiger partial charge is 0.154 e. The van der Waals surface area contributed by atoms with Crippen molar-refractivity contribution in [3.63, 3.8) is 0 Å². The first-order valence-corrected chi connectivity index (χ1v) is 4.50. The van der Waals surface area contributed by atoms with E-state index in [0.717, 1.165) is 7.28 Å². The van der Waals surface area contributed by atoms with Gasteiger partial charge in [-0.25, -0.2) is 0 Å². The number of hydrogen-bond acceptors (Lipinski definition) is 1. The fraction of sp³-hybridized carbons (Fsp3) is 0.400. The van der Waals surface area contributed by atoms with E-state index >= 15 is 0 Å². The van der Waals surface area contributed by atoms with Crippen molar-refractivity contribution in [1.82, 2.24) is 0 Å². The van der Waals surface area contributed by atoms with Crippen molar-refractivity contribution in [2.24, 2.45) is 5.73 Å². The third kappa shape index (κ3) is 1.89. The van der Waals surface area contributed by atoms with Crippen LogP contribution in [0.25, 0.3) is 0 Å². The van der Waals surface area contributed by atoms with Crippen molar-refractivity contribution < 1.29 is 0 Å². The maximum atomic E-state index is 5.77. The Labute approximate surface area is 75.2 Å². The van der Waals surface area contributed by atoms with Gasteiger partial charge in [0.1, 0.15) is 0 Å². The highest BCUT2D eigenvalue weighted by Crippen LogP contribution is 2.09. The van der Waals surface area contributed by atoms with Crippen LogP contribution in [-0.2, 0) is 0 Å². The average molecular weight is 161 g/mol. The van der Waals surface area contributed by atoms with Crippen LogP contribution in [0.5, 0.6) is 0 Å².